The van der Waals surface area contributed by atoms with Gasteiger partial charge in [0.25, 0.3) is 0 Å². The van der Waals surface area contributed by atoms with Gasteiger partial charge in [-0.15, -0.1) is 0 Å². The highest BCUT2D eigenvalue weighted by Crippen LogP contribution is 2.29. The van der Waals surface area contributed by atoms with Crippen molar-refractivity contribution in [2.45, 2.75) is 12.8 Å². The molecule has 0 bridgehead atoms. The van der Waals surface area contributed by atoms with E-state index < -0.39 is 0 Å². The Bertz CT molecular complexity index is 204. The summed E-state index contributed by atoms with van der Waals surface area (Å²) in [5.41, 5.74) is 5.38. The van der Waals surface area contributed by atoms with Crippen LogP contribution < -0.4 is 5.73 Å². The molecule has 2 fully saturated rings. The van der Waals surface area contributed by atoms with E-state index in [0.717, 1.165) is 32.1 Å². The number of amidine groups is 1. The van der Waals surface area contributed by atoms with Gasteiger partial charge in [-0.05, 0) is 18.8 Å². The summed E-state index contributed by atoms with van der Waals surface area (Å²) >= 11 is 0. The Labute approximate surface area is 85.6 Å². The lowest BCUT2D eigenvalue weighted by molar-refractivity contribution is 0.141. The van der Waals surface area contributed by atoms with Crippen molar-refractivity contribution in [1.82, 2.24) is 9.80 Å². The molecule has 0 unspecified atom stereocenters. The predicted molar refractivity (Wildman–Crippen MR) is 57.5 cm³/mol. The van der Waals surface area contributed by atoms with E-state index in [1.807, 2.05) is 0 Å². The second-order valence-electron chi connectivity index (χ2n) is 4.55. The van der Waals surface area contributed by atoms with E-state index in [2.05, 4.69) is 9.80 Å². The molecule has 4 heteroatoms. The molecule has 1 saturated heterocycles. The maximum absolute atomic E-state index is 7.23. The quantitative estimate of drug-likeness (QED) is 0.489. The molecule has 0 amide bonds. The summed E-state index contributed by atoms with van der Waals surface area (Å²) in [4.78, 5) is 4.82. The Hall–Kier alpha value is -0.610. The summed E-state index contributed by atoms with van der Waals surface area (Å²) in [6, 6.07) is 0. The van der Waals surface area contributed by atoms with Crippen LogP contribution in [-0.2, 0) is 0 Å². The van der Waals surface area contributed by atoms with Gasteiger partial charge in [-0.1, -0.05) is 0 Å². The molecule has 2 rings (SSSR count). The SMILES string of the molecule is N=C(N)CN1CCN(CC2CC2)CC1. The van der Waals surface area contributed by atoms with Gasteiger partial charge in [-0.25, -0.2) is 0 Å². The number of hydrogen-bond donors (Lipinski definition) is 2. The molecule has 4 nitrogen and oxygen atoms in total. The summed E-state index contributed by atoms with van der Waals surface area (Å²) in [7, 11) is 0. The molecule has 1 heterocycles. The number of nitrogens with two attached hydrogens (primary N) is 1. The van der Waals surface area contributed by atoms with E-state index in [0.29, 0.717) is 12.4 Å². The van der Waals surface area contributed by atoms with Crippen molar-refractivity contribution in [3.8, 4) is 0 Å². The zero-order chi connectivity index (χ0) is 9.97. The van der Waals surface area contributed by atoms with Crippen LogP contribution in [0.25, 0.3) is 0 Å². The first kappa shape index (κ1) is 9.93. The van der Waals surface area contributed by atoms with E-state index >= 15 is 0 Å². The predicted octanol–water partition coefficient (Wildman–Crippen LogP) is -0.0500. The zero-order valence-corrected chi connectivity index (χ0v) is 8.71. The largest absolute Gasteiger partial charge is 0.387 e. The summed E-state index contributed by atoms with van der Waals surface area (Å²) in [5, 5.41) is 7.23. The molecule has 0 aromatic heterocycles. The highest BCUT2D eigenvalue weighted by atomic mass is 15.3. The van der Waals surface area contributed by atoms with Gasteiger partial charge in [-0.3, -0.25) is 10.3 Å². The van der Waals surface area contributed by atoms with Crippen LogP contribution in [0.3, 0.4) is 0 Å². The van der Waals surface area contributed by atoms with Crippen LogP contribution in [0.5, 0.6) is 0 Å². The summed E-state index contributed by atoms with van der Waals surface area (Å²) in [5.74, 6) is 1.29. The molecule has 3 N–H and O–H groups in total. The first-order valence-corrected chi connectivity index (χ1v) is 5.51. The molecule has 0 spiro atoms. The minimum absolute atomic E-state index is 0.292. The average Bonchev–Trinajstić information content (AvgIpc) is 2.91. The topological polar surface area (TPSA) is 56.4 Å². The summed E-state index contributed by atoms with van der Waals surface area (Å²) in [6.45, 7) is 6.41. The normalized spacial score (nSPS) is 25.1. The van der Waals surface area contributed by atoms with Crippen molar-refractivity contribution in [2.75, 3.05) is 39.3 Å². The second kappa shape index (κ2) is 4.28. The Morgan fingerprint density at radius 3 is 2.21 bits per heavy atom. The highest BCUT2D eigenvalue weighted by Gasteiger charge is 2.26. The molecule has 1 saturated carbocycles. The highest BCUT2D eigenvalue weighted by molar-refractivity contribution is 5.78. The molecule has 0 radical (unpaired) electrons. The van der Waals surface area contributed by atoms with Gasteiger partial charge in [0.1, 0.15) is 5.84 Å². The first-order valence-electron chi connectivity index (χ1n) is 5.51. The van der Waals surface area contributed by atoms with Gasteiger partial charge in [0, 0.05) is 32.7 Å². The molecule has 14 heavy (non-hydrogen) atoms. The van der Waals surface area contributed by atoms with Crippen LogP contribution in [0.2, 0.25) is 0 Å². The monoisotopic (exact) mass is 196 g/mol. The van der Waals surface area contributed by atoms with Gasteiger partial charge in [0.15, 0.2) is 0 Å². The van der Waals surface area contributed by atoms with Crippen molar-refractivity contribution in [3.05, 3.63) is 0 Å². The molecule has 0 aromatic rings. The van der Waals surface area contributed by atoms with Crippen LogP contribution in [0, 0.1) is 11.3 Å². The van der Waals surface area contributed by atoms with Crippen LogP contribution in [-0.4, -0.2) is 54.9 Å². The number of rotatable bonds is 4. The first-order chi connectivity index (χ1) is 6.74. The minimum Gasteiger partial charge on any atom is -0.387 e. The Kier molecular flexibility index (Phi) is 3.03. The van der Waals surface area contributed by atoms with Gasteiger partial charge < -0.3 is 10.6 Å². The van der Waals surface area contributed by atoms with E-state index in [1.165, 1.54) is 19.4 Å². The van der Waals surface area contributed by atoms with Crippen LogP contribution in [0.1, 0.15) is 12.8 Å². The van der Waals surface area contributed by atoms with Crippen LogP contribution in [0.15, 0.2) is 0 Å². The third-order valence-corrected chi connectivity index (χ3v) is 3.07. The van der Waals surface area contributed by atoms with Crippen molar-refractivity contribution in [2.24, 2.45) is 11.7 Å². The number of piperazine rings is 1. The molecular formula is C10H20N4. The van der Waals surface area contributed by atoms with Gasteiger partial charge >= 0.3 is 0 Å². The molecule has 0 atom stereocenters. The maximum Gasteiger partial charge on any atom is 0.105 e. The molecular weight excluding hydrogens is 176 g/mol. The minimum atomic E-state index is 0.292. The number of nitrogens with one attached hydrogen (secondary N) is 1. The van der Waals surface area contributed by atoms with Crippen molar-refractivity contribution in [3.63, 3.8) is 0 Å². The van der Waals surface area contributed by atoms with Gasteiger partial charge in [0.2, 0.25) is 0 Å². The van der Waals surface area contributed by atoms with Crippen LogP contribution in [0.4, 0.5) is 0 Å². The number of nitrogens with zero attached hydrogens (tertiary/aromatic N) is 2. The standard InChI is InChI=1S/C10H20N4/c11-10(12)8-14-5-3-13(4-6-14)7-9-1-2-9/h9H,1-8H2,(H3,11,12). The van der Waals surface area contributed by atoms with E-state index in [9.17, 15) is 0 Å². The Morgan fingerprint density at radius 2 is 1.71 bits per heavy atom. The Balaban J connectivity index is 1.66. The lowest BCUT2D eigenvalue weighted by Gasteiger charge is -2.34. The third-order valence-electron chi connectivity index (χ3n) is 3.07. The third kappa shape index (κ3) is 2.96. The molecule has 1 aliphatic heterocycles. The van der Waals surface area contributed by atoms with Gasteiger partial charge in [-0.2, -0.15) is 0 Å². The fraction of sp³-hybridized carbons (Fsp3) is 0.900. The molecule has 0 aromatic carbocycles. The second-order valence-corrected chi connectivity index (χ2v) is 4.55. The van der Waals surface area contributed by atoms with E-state index in [4.69, 9.17) is 11.1 Å². The summed E-state index contributed by atoms with van der Waals surface area (Å²) < 4.78 is 0. The Morgan fingerprint density at radius 1 is 1.14 bits per heavy atom. The lowest BCUT2D eigenvalue weighted by Crippen LogP contribution is -2.49. The van der Waals surface area contributed by atoms with E-state index in [-0.39, 0.29) is 0 Å². The van der Waals surface area contributed by atoms with Gasteiger partial charge in [0.05, 0.1) is 6.54 Å². The average molecular weight is 196 g/mol. The zero-order valence-electron chi connectivity index (χ0n) is 8.71. The number of hydrogen-bond acceptors (Lipinski definition) is 3. The summed E-state index contributed by atoms with van der Waals surface area (Å²) in [6.07, 6.45) is 2.88. The van der Waals surface area contributed by atoms with Crippen LogP contribution >= 0.6 is 0 Å². The van der Waals surface area contributed by atoms with Crippen molar-refractivity contribution < 1.29 is 0 Å². The van der Waals surface area contributed by atoms with E-state index in [1.54, 1.807) is 0 Å². The fourth-order valence-corrected chi connectivity index (χ4v) is 2.04. The molecule has 2 aliphatic rings. The molecule has 1 aliphatic carbocycles. The maximum atomic E-state index is 7.23. The molecule has 80 valence electrons. The van der Waals surface area contributed by atoms with Crippen molar-refractivity contribution in [1.29, 1.82) is 5.41 Å². The smallest absolute Gasteiger partial charge is 0.105 e. The lowest BCUT2D eigenvalue weighted by atomic mass is 10.3. The fourth-order valence-electron chi connectivity index (χ4n) is 2.04. The van der Waals surface area contributed by atoms with Crippen molar-refractivity contribution >= 4 is 5.84 Å².